The fourth-order valence-corrected chi connectivity index (χ4v) is 2.07. The third kappa shape index (κ3) is 2.07. The molecule has 0 bridgehead atoms. The summed E-state index contributed by atoms with van der Waals surface area (Å²) in [7, 11) is 0. The van der Waals surface area contributed by atoms with E-state index in [9.17, 15) is 19.2 Å². The van der Waals surface area contributed by atoms with Gasteiger partial charge in [-0.3, -0.25) is 24.6 Å². The molecule has 0 radical (unpaired) electrons. The molecule has 1 spiro atoms. The molecule has 2 aliphatic rings. The van der Waals surface area contributed by atoms with Crippen molar-refractivity contribution in [2.75, 3.05) is 6.54 Å². The predicted molar refractivity (Wildman–Crippen MR) is 60.0 cm³/mol. The van der Waals surface area contributed by atoms with E-state index in [0.717, 1.165) is 4.90 Å². The van der Waals surface area contributed by atoms with Gasteiger partial charge in [0, 0.05) is 13.0 Å². The van der Waals surface area contributed by atoms with E-state index in [1.165, 1.54) is 0 Å². The molecule has 7 heteroatoms. The summed E-state index contributed by atoms with van der Waals surface area (Å²) in [5, 5.41) is 2.20. The minimum atomic E-state index is -0.988. The van der Waals surface area contributed by atoms with Crippen LogP contribution in [0.1, 0.15) is 32.1 Å². The van der Waals surface area contributed by atoms with Crippen LogP contribution in [0.4, 0.5) is 4.79 Å². The average Bonchev–Trinajstić information content (AvgIpc) is 3.07. The van der Waals surface area contributed by atoms with E-state index in [-0.39, 0.29) is 13.0 Å². The number of nitrogens with one attached hydrogen (secondary N) is 1. The number of amides is 5. The van der Waals surface area contributed by atoms with E-state index in [0.29, 0.717) is 25.7 Å². The molecule has 3 N–H and O–H groups in total. The van der Waals surface area contributed by atoms with Crippen LogP contribution in [0, 0.1) is 5.41 Å². The Morgan fingerprint density at radius 2 is 1.94 bits per heavy atom. The highest BCUT2D eigenvalue weighted by Gasteiger charge is 2.61. The Balaban J connectivity index is 1.91. The summed E-state index contributed by atoms with van der Waals surface area (Å²) in [4.78, 5) is 46.7. The fourth-order valence-electron chi connectivity index (χ4n) is 2.07. The van der Waals surface area contributed by atoms with Gasteiger partial charge in [0.15, 0.2) is 0 Å². The molecule has 0 atom stereocenters. The van der Waals surface area contributed by atoms with Gasteiger partial charge in [-0.05, 0) is 25.7 Å². The monoisotopic (exact) mass is 253 g/mol. The molecular weight excluding hydrogens is 238 g/mol. The lowest BCUT2D eigenvalue weighted by molar-refractivity contribution is -0.144. The van der Waals surface area contributed by atoms with Gasteiger partial charge in [-0.15, -0.1) is 0 Å². The number of urea groups is 1. The number of rotatable bonds is 5. The van der Waals surface area contributed by atoms with Crippen LogP contribution < -0.4 is 11.1 Å². The lowest BCUT2D eigenvalue weighted by Gasteiger charge is -2.30. The third-order valence-electron chi connectivity index (χ3n) is 3.36. The van der Waals surface area contributed by atoms with Crippen LogP contribution in [-0.2, 0) is 14.4 Å². The Morgan fingerprint density at radius 1 is 1.28 bits per heavy atom. The Bertz CT molecular complexity index is 428. The standard InChI is InChI=1S/C11H15N3O4/c12-7(15)3-1-2-6-14-9(17)11(4-5-11)8(16)13-10(14)18/h1-6H2,(H2,12,15)(H,13,16,18). The maximum absolute atomic E-state index is 12.0. The first-order chi connectivity index (χ1) is 8.47. The van der Waals surface area contributed by atoms with E-state index in [2.05, 4.69) is 5.32 Å². The Labute approximate surface area is 104 Å². The molecule has 2 fully saturated rings. The summed E-state index contributed by atoms with van der Waals surface area (Å²) in [6.45, 7) is 0.215. The predicted octanol–water partition coefficient (Wildman–Crippen LogP) is -0.499. The zero-order chi connectivity index (χ0) is 13.3. The van der Waals surface area contributed by atoms with Crippen LogP contribution in [0.25, 0.3) is 0 Å². The highest BCUT2D eigenvalue weighted by Crippen LogP contribution is 2.48. The lowest BCUT2D eigenvalue weighted by atomic mass is 10.0. The molecule has 1 saturated heterocycles. The first-order valence-corrected chi connectivity index (χ1v) is 5.93. The van der Waals surface area contributed by atoms with Gasteiger partial charge in [0.05, 0.1) is 0 Å². The molecule has 0 aromatic carbocycles. The van der Waals surface area contributed by atoms with Crippen LogP contribution in [0.3, 0.4) is 0 Å². The summed E-state index contributed by atoms with van der Waals surface area (Å²) in [5.74, 6) is -1.29. The lowest BCUT2D eigenvalue weighted by Crippen LogP contribution is -2.59. The zero-order valence-electron chi connectivity index (χ0n) is 9.90. The van der Waals surface area contributed by atoms with Gasteiger partial charge < -0.3 is 5.73 Å². The zero-order valence-corrected chi connectivity index (χ0v) is 9.90. The maximum Gasteiger partial charge on any atom is 0.330 e. The second-order valence-electron chi connectivity index (χ2n) is 4.72. The van der Waals surface area contributed by atoms with Crippen molar-refractivity contribution in [3.8, 4) is 0 Å². The van der Waals surface area contributed by atoms with Crippen molar-refractivity contribution in [3.05, 3.63) is 0 Å². The van der Waals surface area contributed by atoms with Gasteiger partial charge in [-0.1, -0.05) is 0 Å². The second-order valence-corrected chi connectivity index (χ2v) is 4.72. The SMILES string of the molecule is NC(=O)CCCCN1C(=O)NC(=O)C2(CC2)C1=O. The van der Waals surface area contributed by atoms with Crippen LogP contribution in [0.5, 0.6) is 0 Å². The number of carbonyl (C=O) groups excluding carboxylic acids is 4. The molecule has 1 aliphatic carbocycles. The molecule has 98 valence electrons. The number of imide groups is 2. The number of unbranched alkanes of at least 4 members (excludes halogenated alkanes) is 1. The summed E-state index contributed by atoms with van der Waals surface area (Å²) in [6.07, 6.45) is 2.26. The normalized spacial score (nSPS) is 21.1. The summed E-state index contributed by atoms with van der Waals surface area (Å²) >= 11 is 0. The first-order valence-electron chi connectivity index (χ1n) is 5.93. The molecule has 2 rings (SSSR count). The molecule has 5 amide bonds. The molecule has 1 aliphatic heterocycles. The molecule has 7 nitrogen and oxygen atoms in total. The van der Waals surface area contributed by atoms with Crippen LogP contribution in [-0.4, -0.2) is 35.2 Å². The number of carbonyl (C=O) groups is 4. The van der Waals surface area contributed by atoms with Crippen LogP contribution in [0.2, 0.25) is 0 Å². The number of barbiturate groups is 1. The van der Waals surface area contributed by atoms with Crippen molar-refractivity contribution in [3.63, 3.8) is 0 Å². The minimum absolute atomic E-state index is 0.215. The average molecular weight is 253 g/mol. The van der Waals surface area contributed by atoms with Gasteiger partial charge in [0.1, 0.15) is 5.41 Å². The fraction of sp³-hybridized carbons (Fsp3) is 0.636. The smallest absolute Gasteiger partial charge is 0.330 e. The van der Waals surface area contributed by atoms with Gasteiger partial charge in [0.2, 0.25) is 17.7 Å². The Kier molecular flexibility index (Phi) is 3.06. The number of hydrogen-bond donors (Lipinski definition) is 2. The van der Waals surface area contributed by atoms with Crippen molar-refractivity contribution < 1.29 is 19.2 Å². The van der Waals surface area contributed by atoms with E-state index in [1.54, 1.807) is 0 Å². The van der Waals surface area contributed by atoms with Gasteiger partial charge in [-0.2, -0.15) is 0 Å². The summed E-state index contributed by atoms with van der Waals surface area (Å²) in [5.41, 5.74) is 4.01. The minimum Gasteiger partial charge on any atom is -0.370 e. The molecule has 0 unspecified atom stereocenters. The number of hydrogen-bond acceptors (Lipinski definition) is 4. The molecule has 0 aromatic rings. The van der Waals surface area contributed by atoms with Crippen molar-refractivity contribution >= 4 is 23.8 Å². The molecule has 1 heterocycles. The third-order valence-corrected chi connectivity index (χ3v) is 3.36. The van der Waals surface area contributed by atoms with Crippen LogP contribution in [0.15, 0.2) is 0 Å². The van der Waals surface area contributed by atoms with Gasteiger partial charge in [-0.25, -0.2) is 4.79 Å². The number of nitrogens with two attached hydrogens (primary N) is 1. The quantitative estimate of drug-likeness (QED) is 0.508. The van der Waals surface area contributed by atoms with E-state index >= 15 is 0 Å². The van der Waals surface area contributed by atoms with Crippen molar-refractivity contribution in [2.45, 2.75) is 32.1 Å². The van der Waals surface area contributed by atoms with Gasteiger partial charge >= 0.3 is 6.03 Å². The van der Waals surface area contributed by atoms with E-state index < -0.39 is 29.2 Å². The van der Waals surface area contributed by atoms with Crippen LogP contribution >= 0.6 is 0 Å². The first kappa shape index (κ1) is 12.5. The highest BCUT2D eigenvalue weighted by atomic mass is 16.2. The van der Waals surface area contributed by atoms with Crippen molar-refractivity contribution in [2.24, 2.45) is 11.1 Å². The largest absolute Gasteiger partial charge is 0.370 e. The molecule has 0 aromatic heterocycles. The Hall–Kier alpha value is -1.92. The highest BCUT2D eigenvalue weighted by molar-refractivity contribution is 6.20. The molecule has 1 saturated carbocycles. The van der Waals surface area contributed by atoms with E-state index in [1.807, 2.05) is 0 Å². The van der Waals surface area contributed by atoms with Crippen molar-refractivity contribution in [1.82, 2.24) is 10.2 Å². The van der Waals surface area contributed by atoms with Gasteiger partial charge in [0.25, 0.3) is 0 Å². The molecule has 18 heavy (non-hydrogen) atoms. The van der Waals surface area contributed by atoms with E-state index in [4.69, 9.17) is 5.73 Å². The summed E-state index contributed by atoms with van der Waals surface area (Å²) in [6, 6.07) is -0.665. The Morgan fingerprint density at radius 3 is 2.50 bits per heavy atom. The molecular formula is C11H15N3O4. The maximum atomic E-state index is 12.0. The number of primary amides is 1. The van der Waals surface area contributed by atoms with Crippen molar-refractivity contribution in [1.29, 1.82) is 0 Å². The summed E-state index contributed by atoms with van der Waals surface area (Å²) < 4.78 is 0. The topological polar surface area (TPSA) is 110 Å². The number of nitrogens with zero attached hydrogens (tertiary/aromatic N) is 1. The second kappa shape index (κ2) is 4.40.